The van der Waals surface area contributed by atoms with Gasteiger partial charge in [0.1, 0.15) is 0 Å². The summed E-state index contributed by atoms with van der Waals surface area (Å²) in [5.41, 5.74) is 0. The maximum absolute atomic E-state index is 10.5. The van der Waals surface area contributed by atoms with E-state index in [1.165, 1.54) is 0 Å². The van der Waals surface area contributed by atoms with Gasteiger partial charge in [-0.1, -0.05) is 12.2 Å². The fourth-order valence-electron chi connectivity index (χ4n) is 0.578. The SMILES string of the molecule is O=C1NCC=CCN1O. The van der Waals surface area contributed by atoms with Crippen LogP contribution in [0, 0.1) is 0 Å². The summed E-state index contributed by atoms with van der Waals surface area (Å²) < 4.78 is 0. The zero-order valence-corrected chi connectivity index (χ0v) is 4.87. The molecule has 1 aliphatic heterocycles. The minimum absolute atomic E-state index is 0.270. The van der Waals surface area contributed by atoms with Crippen LogP contribution in [0.15, 0.2) is 12.2 Å². The van der Waals surface area contributed by atoms with Gasteiger partial charge in [0.05, 0.1) is 6.54 Å². The number of nitrogens with one attached hydrogen (secondary N) is 1. The van der Waals surface area contributed by atoms with Gasteiger partial charge >= 0.3 is 6.03 Å². The molecule has 4 nitrogen and oxygen atoms in total. The molecular weight excluding hydrogens is 120 g/mol. The van der Waals surface area contributed by atoms with E-state index in [4.69, 9.17) is 5.21 Å². The van der Waals surface area contributed by atoms with Gasteiger partial charge < -0.3 is 5.32 Å². The van der Waals surface area contributed by atoms with E-state index in [9.17, 15) is 4.79 Å². The van der Waals surface area contributed by atoms with Gasteiger partial charge in [0.25, 0.3) is 0 Å². The van der Waals surface area contributed by atoms with Crippen LogP contribution in [0.3, 0.4) is 0 Å². The highest BCUT2D eigenvalue weighted by Gasteiger charge is 2.08. The third-order valence-corrected chi connectivity index (χ3v) is 1.05. The number of amides is 2. The maximum Gasteiger partial charge on any atom is 0.341 e. The first kappa shape index (κ1) is 6.10. The zero-order valence-electron chi connectivity index (χ0n) is 4.87. The fraction of sp³-hybridized carbons (Fsp3) is 0.400. The van der Waals surface area contributed by atoms with Crippen LogP contribution in [0.1, 0.15) is 0 Å². The highest BCUT2D eigenvalue weighted by molar-refractivity contribution is 5.73. The number of urea groups is 1. The summed E-state index contributed by atoms with van der Waals surface area (Å²) in [6, 6.07) is -0.444. The van der Waals surface area contributed by atoms with Gasteiger partial charge in [0.2, 0.25) is 0 Å². The van der Waals surface area contributed by atoms with Gasteiger partial charge in [-0.2, -0.15) is 0 Å². The highest BCUT2D eigenvalue weighted by Crippen LogP contribution is 1.88. The van der Waals surface area contributed by atoms with E-state index in [-0.39, 0.29) is 6.54 Å². The number of hydrogen-bond donors (Lipinski definition) is 2. The summed E-state index contributed by atoms with van der Waals surface area (Å²) in [7, 11) is 0. The molecular formula is C5H8N2O2. The van der Waals surface area contributed by atoms with E-state index < -0.39 is 6.03 Å². The molecule has 0 saturated carbocycles. The van der Waals surface area contributed by atoms with E-state index in [0.717, 1.165) is 0 Å². The Bertz CT molecular complexity index is 144. The predicted octanol–water partition coefficient (Wildman–Crippen LogP) is -0.0430. The second-order valence-electron chi connectivity index (χ2n) is 1.74. The highest BCUT2D eigenvalue weighted by atomic mass is 16.5. The molecule has 0 fully saturated rings. The molecule has 2 amide bonds. The minimum Gasteiger partial charge on any atom is -0.333 e. The molecule has 0 bridgehead atoms. The summed E-state index contributed by atoms with van der Waals surface area (Å²) in [4.78, 5) is 10.5. The minimum atomic E-state index is -0.444. The molecule has 0 aromatic carbocycles. The molecule has 0 spiro atoms. The summed E-state index contributed by atoms with van der Waals surface area (Å²) in [6.07, 6.45) is 3.51. The fourth-order valence-corrected chi connectivity index (χ4v) is 0.578. The van der Waals surface area contributed by atoms with Crippen molar-refractivity contribution in [2.75, 3.05) is 13.1 Å². The Morgan fingerprint density at radius 1 is 1.67 bits per heavy atom. The lowest BCUT2D eigenvalue weighted by atomic mass is 10.5. The molecule has 0 aliphatic carbocycles. The first-order valence-electron chi connectivity index (χ1n) is 2.70. The van der Waals surface area contributed by atoms with Crippen molar-refractivity contribution in [2.45, 2.75) is 0 Å². The van der Waals surface area contributed by atoms with Crippen LogP contribution >= 0.6 is 0 Å². The molecule has 1 aliphatic rings. The van der Waals surface area contributed by atoms with Crippen molar-refractivity contribution < 1.29 is 10.0 Å². The zero-order chi connectivity index (χ0) is 6.69. The van der Waals surface area contributed by atoms with E-state index in [2.05, 4.69) is 5.32 Å². The van der Waals surface area contributed by atoms with E-state index in [1.807, 2.05) is 0 Å². The van der Waals surface area contributed by atoms with Crippen LogP contribution in [0.2, 0.25) is 0 Å². The van der Waals surface area contributed by atoms with E-state index in [0.29, 0.717) is 11.6 Å². The topological polar surface area (TPSA) is 52.6 Å². The average Bonchev–Trinajstić information content (AvgIpc) is 1.99. The summed E-state index contributed by atoms with van der Waals surface area (Å²) in [6.45, 7) is 0.766. The Hall–Kier alpha value is -1.03. The van der Waals surface area contributed by atoms with Gasteiger partial charge in [-0.3, -0.25) is 5.21 Å². The number of rotatable bonds is 0. The second-order valence-corrected chi connectivity index (χ2v) is 1.74. The number of hydroxylamine groups is 2. The Labute approximate surface area is 52.7 Å². The van der Waals surface area contributed by atoms with Gasteiger partial charge in [-0.05, 0) is 0 Å². The molecule has 50 valence electrons. The van der Waals surface area contributed by atoms with Crippen LogP contribution in [-0.4, -0.2) is 29.4 Å². The molecule has 1 rings (SSSR count). The van der Waals surface area contributed by atoms with E-state index in [1.54, 1.807) is 12.2 Å². The van der Waals surface area contributed by atoms with Crippen LogP contribution in [0.25, 0.3) is 0 Å². The summed E-state index contributed by atoms with van der Waals surface area (Å²) in [5, 5.41) is 11.8. The first-order chi connectivity index (χ1) is 4.30. The Balaban J connectivity index is 2.52. The molecule has 0 aromatic heterocycles. The molecule has 9 heavy (non-hydrogen) atoms. The molecule has 0 unspecified atom stereocenters. The van der Waals surface area contributed by atoms with Crippen LogP contribution in [-0.2, 0) is 0 Å². The summed E-state index contributed by atoms with van der Waals surface area (Å²) in [5.74, 6) is 0. The maximum atomic E-state index is 10.5. The Kier molecular flexibility index (Phi) is 1.69. The smallest absolute Gasteiger partial charge is 0.333 e. The van der Waals surface area contributed by atoms with Gasteiger partial charge in [0, 0.05) is 6.54 Å². The normalized spacial score (nSPS) is 19.2. The molecule has 1 heterocycles. The van der Waals surface area contributed by atoms with Crippen LogP contribution < -0.4 is 5.32 Å². The molecule has 0 atom stereocenters. The number of carbonyl (C=O) groups is 1. The largest absolute Gasteiger partial charge is 0.341 e. The number of carbonyl (C=O) groups excluding carboxylic acids is 1. The van der Waals surface area contributed by atoms with Crippen molar-refractivity contribution in [2.24, 2.45) is 0 Å². The van der Waals surface area contributed by atoms with E-state index >= 15 is 0 Å². The monoisotopic (exact) mass is 128 g/mol. The first-order valence-corrected chi connectivity index (χ1v) is 2.70. The standard InChI is InChI=1S/C5H8N2O2/c8-5-6-3-1-2-4-7(5)9/h1-2,9H,3-4H2,(H,6,8). The third-order valence-electron chi connectivity index (χ3n) is 1.05. The molecule has 2 N–H and O–H groups in total. The van der Waals surface area contributed by atoms with Crippen LogP contribution in [0.4, 0.5) is 4.79 Å². The van der Waals surface area contributed by atoms with Gasteiger partial charge in [-0.15, -0.1) is 0 Å². The van der Waals surface area contributed by atoms with Crippen molar-refractivity contribution in [3.63, 3.8) is 0 Å². The van der Waals surface area contributed by atoms with Crippen molar-refractivity contribution in [1.29, 1.82) is 0 Å². The quantitative estimate of drug-likeness (QED) is 0.355. The summed E-state index contributed by atoms with van der Waals surface area (Å²) >= 11 is 0. The Morgan fingerprint density at radius 3 is 3.22 bits per heavy atom. The van der Waals surface area contributed by atoms with Crippen molar-refractivity contribution in [3.8, 4) is 0 Å². The molecule has 4 heteroatoms. The second kappa shape index (κ2) is 2.50. The molecule has 0 saturated heterocycles. The van der Waals surface area contributed by atoms with Crippen molar-refractivity contribution in [3.05, 3.63) is 12.2 Å². The lowest BCUT2D eigenvalue weighted by Crippen LogP contribution is -2.35. The van der Waals surface area contributed by atoms with Gasteiger partial charge in [0.15, 0.2) is 0 Å². The molecule has 0 aromatic rings. The lowest BCUT2D eigenvalue weighted by molar-refractivity contribution is -0.0313. The van der Waals surface area contributed by atoms with Gasteiger partial charge in [-0.25, -0.2) is 9.86 Å². The average molecular weight is 128 g/mol. The van der Waals surface area contributed by atoms with Crippen LogP contribution in [0.5, 0.6) is 0 Å². The number of nitrogens with zero attached hydrogens (tertiary/aromatic N) is 1. The predicted molar refractivity (Wildman–Crippen MR) is 31.0 cm³/mol. The Morgan fingerprint density at radius 2 is 2.44 bits per heavy atom. The third kappa shape index (κ3) is 1.43. The lowest BCUT2D eigenvalue weighted by Gasteiger charge is -2.09. The molecule has 0 radical (unpaired) electrons. The van der Waals surface area contributed by atoms with Crippen molar-refractivity contribution in [1.82, 2.24) is 10.4 Å². The van der Waals surface area contributed by atoms with Crippen molar-refractivity contribution >= 4 is 6.03 Å². The number of hydrogen-bond acceptors (Lipinski definition) is 2.